The van der Waals surface area contributed by atoms with Crippen molar-refractivity contribution >= 4 is 29.2 Å². The van der Waals surface area contributed by atoms with E-state index >= 15 is 0 Å². The van der Waals surface area contributed by atoms with Gasteiger partial charge in [0.2, 0.25) is 5.91 Å². The van der Waals surface area contributed by atoms with Crippen molar-refractivity contribution in [3.8, 4) is 6.07 Å². The molecule has 0 aromatic heterocycles. The molecule has 0 radical (unpaired) electrons. The number of methoxy groups -OCH3 is 2. The average molecular weight is 489 g/mol. The van der Waals surface area contributed by atoms with Gasteiger partial charge in [-0.15, -0.1) is 0 Å². The average Bonchev–Trinajstić information content (AvgIpc) is 2.88. The lowest BCUT2D eigenvalue weighted by Crippen LogP contribution is -2.40. The number of nitrogens with two attached hydrogens (primary N) is 1. The number of esters is 2. The number of anilines is 2. The Morgan fingerprint density at radius 1 is 1.08 bits per heavy atom. The lowest BCUT2D eigenvalue weighted by atomic mass is 9.81. The third kappa shape index (κ3) is 4.93. The molecule has 2 aromatic carbocycles. The van der Waals surface area contributed by atoms with E-state index in [9.17, 15) is 19.6 Å². The number of carbonyl (C=O) groups excluding carboxylic acids is 3. The van der Waals surface area contributed by atoms with Crippen LogP contribution >= 0.6 is 0 Å². The molecule has 3 N–H and O–H groups in total. The summed E-state index contributed by atoms with van der Waals surface area (Å²) >= 11 is 0. The normalized spacial score (nSPS) is 15.3. The highest BCUT2D eigenvalue weighted by Crippen LogP contribution is 2.43. The first-order valence-electron chi connectivity index (χ1n) is 11.3. The second kappa shape index (κ2) is 11.2. The highest BCUT2D eigenvalue weighted by molar-refractivity contribution is 6.06. The molecule has 1 atom stereocenters. The van der Waals surface area contributed by atoms with Crippen LogP contribution in [0.15, 0.2) is 71.2 Å². The second-order valence-electron chi connectivity index (χ2n) is 8.13. The van der Waals surface area contributed by atoms with E-state index in [1.807, 2.05) is 6.92 Å². The fraction of sp³-hybridized carbons (Fsp3) is 0.259. The fourth-order valence-electron chi connectivity index (χ4n) is 4.15. The Balaban J connectivity index is 2.27. The largest absolute Gasteiger partial charge is 0.466 e. The molecule has 36 heavy (non-hydrogen) atoms. The summed E-state index contributed by atoms with van der Waals surface area (Å²) in [4.78, 5) is 39.6. The number of rotatable bonds is 7. The molecule has 9 nitrogen and oxygen atoms in total. The van der Waals surface area contributed by atoms with Crippen LogP contribution in [0, 0.1) is 18.3 Å². The molecule has 0 spiro atoms. The van der Waals surface area contributed by atoms with Crippen molar-refractivity contribution in [2.24, 2.45) is 5.73 Å². The van der Waals surface area contributed by atoms with E-state index in [0.29, 0.717) is 35.3 Å². The van der Waals surface area contributed by atoms with Crippen LogP contribution in [0.2, 0.25) is 0 Å². The molecule has 1 aliphatic rings. The summed E-state index contributed by atoms with van der Waals surface area (Å²) in [5.74, 6) is -2.71. The van der Waals surface area contributed by atoms with E-state index in [4.69, 9.17) is 15.2 Å². The predicted octanol–water partition coefficient (Wildman–Crippen LogP) is 3.63. The van der Waals surface area contributed by atoms with Crippen molar-refractivity contribution in [1.29, 1.82) is 5.26 Å². The monoisotopic (exact) mass is 488 g/mol. The lowest BCUT2D eigenvalue weighted by Gasteiger charge is -2.36. The third-order valence-corrected chi connectivity index (χ3v) is 5.83. The van der Waals surface area contributed by atoms with E-state index < -0.39 is 17.9 Å². The van der Waals surface area contributed by atoms with Crippen LogP contribution < -0.4 is 16.0 Å². The van der Waals surface area contributed by atoms with E-state index in [0.717, 1.165) is 0 Å². The first kappa shape index (κ1) is 26.0. The van der Waals surface area contributed by atoms with Crippen molar-refractivity contribution in [3.63, 3.8) is 0 Å². The number of hydrogen-bond acceptors (Lipinski definition) is 8. The Morgan fingerprint density at radius 2 is 1.75 bits per heavy atom. The lowest BCUT2D eigenvalue weighted by molar-refractivity contribution is -0.139. The van der Waals surface area contributed by atoms with Gasteiger partial charge in [0.25, 0.3) is 0 Å². The van der Waals surface area contributed by atoms with E-state index in [2.05, 4.69) is 11.4 Å². The number of nitrogens with one attached hydrogen (secondary N) is 1. The fourth-order valence-corrected chi connectivity index (χ4v) is 4.15. The molecule has 0 bridgehead atoms. The standard InChI is InChI=1S/C27H28N4O5/c1-5-9-21(32)30-20-13-12-18(14-16(20)2)31-24(27(34)36-4)23(26(33)35-3)22(19(15-28)25(31)29)17-10-7-6-8-11-17/h6-8,10-14,22H,5,9,29H2,1-4H3,(H,30,32). The maximum Gasteiger partial charge on any atom is 0.355 e. The van der Waals surface area contributed by atoms with E-state index in [1.54, 1.807) is 55.5 Å². The van der Waals surface area contributed by atoms with Crippen molar-refractivity contribution in [2.75, 3.05) is 24.4 Å². The molecular formula is C27H28N4O5. The van der Waals surface area contributed by atoms with E-state index in [1.165, 1.54) is 19.1 Å². The Labute approximate surface area is 209 Å². The van der Waals surface area contributed by atoms with Crippen molar-refractivity contribution in [1.82, 2.24) is 0 Å². The molecule has 1 amide bonds. The first-order chi connectivity index (χ1) is 17.3. The quantitative estimate of drug-likeness (QED) is 0.564. The molecule has 186 valence electrons. The molecule has 2 aromatic rings. The van der Waals surface area contributed by atoms with Gasteiger partial charge in [0.05, 0.1) is 37.4 Å². The Morgan fingerprint density at radius 3 is 2.31 bits per heavy atom. The number of aryl methyl sites for hydroxylation is 1. The number of allylic oxidation sites excluding steroid dienone is 1. The summed E-state index contributed by atoms with van der Waals surface area (Å²) in [5.41, 5.74) is 8.63. The highest BCUT2D eigenvalue weighted by atomic mass is 16.5. The zero-order valence-corrected chi connectivity index (χ0v) is 20.6. The predicted molar refractivity (Wildman–Crippen MR) is 134 cm³/mol. The van der Waals surface area contributed by atoms with Gasteiger partial charge in [-0.2, -0.15) is 5.26 Å². The summed E-state index contributed by atoms with van der Waals surface area (Å²) in [6.45, 7) is 3.70. The zero-order valence-electron chi connectivity index (χ0n) is 20.6. The minimum Gasteiger partial charge on any atom is -0.466 e. The van der Waals surface area contributed by atoms with Gasteiger partial charge in [-0.05, 0) is 42.7 Å². The molecule has 0 fully saturated rings. The SMILES string of the molecule is CCCC(=O)Nc1ccc(N2C(N)=C(C#N)C(c3ccccc3)C(C(=O)OC)=C2C(=O)OC)cc1C. The molecule has 1 unspecified atom stereocenters. The minimum atomic E-state index is -0.942. The highest BCUT2D eigenvalue weighted by Gasteiger charge is 2.43. The van der Waals surface area contributed by atoms with Crippen molar-refractivity contribution < 1.29 is 23.9 Å². The van der Waals surface area contributed by atoms with Crippen LogP contribution in [0.4, 0.5) is 11.4 Å². The Kier molecular flexibility index (Phi) is 8.12. The Bertz CT molecular complexity index is 1290. The maximum absolute atomic E-state index is 13.1. The number of benzene rings is 2. The van der Waals surface area contributed by atoms with Crippen LogP contribution in [-0.2, 0) is 23.9 Å². The number of nitriles is 1. The molecule has 1 aliphatic heterocycles. The molecule has 0 aliphatic carbocycles. The molecule has 9 heteroatoms. The zero-order chi connectivity index (χ0) is 26.4. The van der Waals surface area contributed by atoms with Gasteiger partial charge in [-0.1, -0.05) is 37.3 Å². The molecule has 0 saturated heterocycles. The number of hydrogen-bond donors (Lipinski definition) is 2. The molecule has 1 heterocycles. The molecular weight excluding hydrogens is 460 g/mol. The van der Waals surface area contributed by atoms with E-state index in [-0.39, 0.29) is 28.6 Å². The number of carbonyl (C=O) groups is 3. The van der Waals surface area contributed by atoms with Crippen molar-refractivity contribution in [2.45, 2.75) is 32.6 Å². The Hall–Kier alpha value is -4.58. The summed E-state index contributed by atoms with van der Waals surface area (Å²) in [6, 6.07) is 15.9. The second-order valence-corrected chi connectivity index (χ2v) is 8.13. The number of amides is 1. The molecule has 0 saturated carbocycles. The summed E-state index contributed by atoms with van der Waals surface area (Å²) in [5, 5.41) is 13.0. The third-order valence-electron chi connectivity index (χ3n) is 5.83. The number of ether oxygens (including phenoxy) is 2. The molecule has 3 rings (SSSR count). The first-order valence-corrected chi connectivity index (χ1v) is 11.3. The van der Waals surface area contributed by atoms with Gasteiger partial charge in [0.1, 0.15) is 11.5 Å². The topological polar surface area (TPSA) is 135 Å². The summed E-state index contributed by atoms with van der Waals surface area (Å²) in [6.07, 6.45) is 1.09. The van der Waals surface area contributed by atoms with Crippen LogP contribution in [0.1, 0.15) is 36.8 Å². The van der Waals surface area contributed by atoms with Gasteiger partial charge < -0.3 is 20.5 Å². The van der Waals surface area contributed by atoms with Crippen molar-refractivity contribution in [3.05, 3.63) is 82.3 Å². The van der Waals surface area contributed by atoms with Gasteiger partial charge in [0, 0.05) is 17.8 Å². The van der Waals surface area contributed by atoms with Crippen LogP contribution in [0.3, 0.4) is 0 Å². The maximum atomic E-state index is 13.1. The van der Waals surface area contributed by atoms with Gasteiger partial charge in [-0.25, -0.2) is 9.59 Å². The van der Waals surface area contributed by atoms with Gasteiger partial charge >= 0.3 is 11.9 Å². The summed E-state index contributed by atoms with van der Waals surface area (Å²) < 4.78 is 10.1. The van der Waals surface area contributed by atoms with Crippen LogP contribution in [0.5, 0.6) is 0 Å². The smallest absolute Gasteiger partial charge is 0.355 e. The van der Waals surface area contributed by atoms with Gasteiger partial charge in [0.15, 0.2) is 0 Å². The van der Waals surface area contributed by atoms with Gasteiger partial charge in [-0.3, -0.25) is 9.69 Å². The van der Waals surface area contributed by atoms with Crippen LogP contribution in [0.25, 0.3) is 0 Å². The van der Waals surface area contributed by atoms with Crippen LogP contribution in [-0.4, -0.2) is 32.1 Å². The minimum absolute atomic E-state index is 0.0263. The summed E-state index contributed by atoms with van der Waals surface area (Å²) in [7, 11) is 2.39. The number of nitrogens with zero attached hydrogens (tertiary/aromatic N) is 2.